The SMILES string of the molecule is COCCNC(=S)N(C)CC[C@@H]1C[C@@H](C)c2ccc(Cl)cc21. The van der Waals surface area contributed by atoms with E-state index in [1.807, 2.05) is 13.1 Å². The summed E-state index contributed by atoms with van der Waals surface area (Å²) in [5.41, 5.74) is 2.88. The van der Waals surface area contributed by atoms with Gasteiger partial charge in [0.1, 0.15) is 0 Å². The molecular formula is C17H25ClN2OS. The fourth-order valence-electron chi connectivity index (χ4n) is 3.15. The van der Waals surface area contributed by atoms with Crippen molar-refractivity contribution in [3.63, 3.8) is 0 Å². The van der Waals surface area contributed by atoms with Gasteiger partial charge in [0.25, 0.3) is 0 Å². The van der Waals surface area contributed by atoms with E-state index < -0.39 is 0 Å². The van der Waals surface area contributed by atoms with Crippen LogP contribution in [0.3, 0.4) is 0 Å². The Morgan fingerprint density at radius 1 is 1.45 bits per heavy atom. The molecule has 1 aliphatic rings. The minimum atomic E-state index is 0.577. The Bertz CT molecular complexity index is 523. The minimum Gasteiger partial charge on any atom is -0.383 e. The summed E-state index contributed by atoms with van der Waals surface area (Å²) in [5, 5.41) is 4.83. The molecule has 3 nitrogen and oxygen atoms in total. The van der Waals surface area contributed by atoms with Gasteiger partial charge in [0.05, 0.1) is 6.61 Å². The molecule has 0 spiro atoms. The van der Waals surface area contributed by atoms with Crippen LogP contribution in [0.1, 0.15) is 42.7 Å². The molecule has 1 aromatic carbocycles. The molecule has 2 atom stereocenters. The maximum absolute atomic E-state index is 6.17. The van der Waals surface area contributed by atoms with Gasteiger partial charge >= 0.3 is 0 Å². The molecule has 0 saturated carbocycles. The molecule has 0 bridgehead atoms. The molecule has 0 unspecified atom stereocenters. The van der Waals surface area contributed by atoms with Crippen LogP contribution >= 0.6 is 23.8 Å². The average Bonchev–Trinajstić information content (AvgIpc) is 2.80. The summed E-state index contributed by atoms with van der Waals surface area (Å²) in [5.74, 6) is 1.20. The zero-order chi connectivity index (χ0) is 16.1. The van der Waals surface area contributed by atoms with Crippen molar-refractivity contribution in [2.24, 2.45) is 0 Å². The summed E-state index contributed by atoms with van der Waals surface area (Å²) in [6.07, 6.45) is 2.30. The Hall–Kier alpha value is -0.840. The first kappa shape index (κ1) is 17.5. The molecule has 5 heteroatoms. The lowest BCUT2D eigenvalue weighted by Gasteiger charge is -2.23. The van der Waals surface area contributed by atoms with Crippen LogP contribution in [0.5, 0.6) is 0 Å². The van der Waals surface area contributed by atoms with Crippen molar-refractivity contribution in [1.82, 2.24) is 10.2 Å². The van der Waals surface area contributed by atoms with E-state index >= 15 is 0 Å². The van der Waals surface area contributed by atoms with Gasteiger partial charge in [0, 0.05) is 32.3 Å². The molecule has 22 heavy (non-hydrogen) atoms. The number of nitrogens with one attached hydrogen (secondary N) is 1. The second-order valence-corrected chi connectivity index (χ2v) is 6.87. The Kier molecular flexibility index (Phi) is 6.48. The number of nitrogens with zero attached hydrogens (tertiary/aromatic N) is 1. The first-order chi connectivity index (χ1) is 10.5. The van der Waals surface area contributed by atoms with Gasteiger partial charge in [0.2, 0.25) is 0 Å². The highest BCUT2D eigenvalue weighted by Gasteiger charge is 2.28. The first-order valence-corrected chi connectivity index (χ1v) is 8.58. The third-order valence-corrected chi connectivity index (χ3v) is 5.09. The van der Waals surface area contributed by atoms with Crippen LogP contribution in [0.2, 0.25) is 5.02 Å². The summed E-state index contributed by atoms with van der Waals surface area (Å²) in [6, 6.07) is 6.32. The standard InChI is InChI=1S/C17H25ClN2OS/c1-12-10-13(16-11-14(18)4-5-15(12)16)6-8-20(2)17(22)19-7-9-21-3/h4-5,11-13H,6-10H2,1-3H3,(H,19,22)/t12-,13-/m1/s1. The van der Waals surface area contributed by atoms with Gasteiger partial charge in [-0.1, -0.05) is 24.6 Å². The molecule has 1 aliphatic carbocycles. The van der Waals surface area contributed by atoms with Gasteiger partial charge < -0.3 is 15.0 Å². The lowest BCUT2D eigenvalue weighted by molar-refractivity contribution is 0.203. The van der Waals surface area contributed by atoms with Crippen LogP contribution in [0.15, 0.2) is 18.2 Å². The zero-order valence-electron chi connectivity index (χ0n) is 13.6. The number of ether oxygens (including phenoxy) is 1. The highest BCUT2D eigenvalue weighted by molar-refractivity contribution is 7.80. The van der Waals surface area contributed by atoms with E-state index in [4.69, 9.17) is 28.6 Å². The number of hydrogen-bond acceptors (Lipinski definition) is 2. The summed E-state index contributed by atoms with van der Waals surface area (Å²) in [4.78, 5) is 2.11. The summed E-state index contributed by atoms with van der Waals surface area (Å²) < 4.78 is 5.02. The molecule has 1 aromatic rings. The zero-order valence-corrected chi connectivity index (χ0v) is 15.1. The van der Waals surface area contributed by atoms with Crippen LogP contribution in [0.25, 0.3) is 0 Å². The number of halogens is 1. The van der Waals surface area contributed by atoms with E-state index in [2.05, 4.69) is 29.3 Å². The van der Waals surface area contributed by atoms with E-state index in [-0.39, 0.29) is 0 Å². The van der Waals surface area contributed by atoms with Crippen molar-refractivity contribution in [3.8, 4) is 0 Å². The van der Waals surface area contributed by atoms with E-state index in [0.717, 1.165) is 29.6 Å². The third-order valence-electron chi connectivity index (χ3n) is 4.40. The predicted molar refractivity (Wildman–Crippen MR) is 96.9 cm³/mol. The van der Waals surface area contributed by atoms with E-state index in [9.17, 15) is 0 Å². The van der Waals surface area contributed by atoms with E-state index in [1.165, 1.54) is 17.5 Å². The summed E-state index contributed by atoms with van der Waals surface area (Å²) >= 11 is 11.6. The van der Waals surface area contributed by atoms with Crippen molar-refractivity contribution >= 4 is 28.9 Å². The Balaban J connectivity index is 1.88. The van der Waals surface area contributed by atoms with Crippen LogP contribution < -0.4 is 5.32 Å². The van der Waals surface area contributed by atoms with Crippen molar-refractivity contribution in [1.29, 1.82) is 0 Å². The molecule has 1 N–H and O–H groups in total. The van der Waals surface area contributed by atoms with Gasteiger partial charge in [-0.15, -0.1) is 0 Å². The number of benzene rings is 1. The fraction of sp³-hybridized carbons (Fsp3) is 0.588. The minimum absolute atomic E-state index is 0.577. The lowest BCUT2D eigenvalue weighted by atomic mass is 9.97. The monoisotopic (exact) mass is 340 g/mol. The summed E-state index contributed by atoms with van der Waals surface area (Å²) in [6.45, 7) is 4.66. The normalized spacial score (nSPS) is 19.8. The highest BCUT2D eigenvalue weighted by atomic mass is 35.5. The van der Waals surface area contributed by atoms with Crippen LogP contribution in [0, 0.1) is 0 Å². The van der Waals surface area contributed by atoms with Gasteiger partial charge in [-0.05, 0) is 60.2 Å². The fourth-order valence-corrected chi connectivity index (χ4v) is 3.52. The highest BCUT2D eigenvalue weighted by Crippen LogP contribution is 2.44. The largest absolute Gasteiger partial charge is 0.383 e. The molecule has 0 amide bonds. The summed E-state index contributed by atoms with van der Waals surface area (Å²) in [7, 11) is 3.73. The van der Waals surface area contributed by atoms with Crippen LogP contribution in [-0.2, 0) is 4.74 Å². The Labute approximate surface area is 144 Å². The molecule has 122 valence electrons. The third kappa shape index (κ3) is 4.34. The second-order valence-electron chi connectivity index (χ2n) is 6.04. The maximum atomic E-state index is 6.17. The van der Waals surface area contributed by atoms with Crippen molar-refractivity contribution in [2.75, 3.05) is 33.9 Å². The van der Waals surface area contributed by atoms with Crippen molar-refractivity contribution in [3.05, 3.63) is 34.3 Å². The quantitative estimate of drug-likeness (QED) is 0.629. The molecule has 0 aromatic heterocycles. The predicted octanol–water partition coefficient (Wildman–Crippen LogP) is 3.77. The van der Waals surface area contributed by atoms with Gasteiger partial charge in [-0.25, -0.2) is 0 Å². The first-order valence-electron chi connectivity index (χ1n) is 7.80. The van der Waals surface area contributed by atoms with Gasteiger partial charge in [-0.2, -0.15) is 0 Å². The molecular weight excluding hydrogens is 316 g/mol. The maximum Gasteiger partial charge on any atom is 0.168 e. The van der Waals surface area contributed by atoms with E-state index in [1.54, 1.807) is 7.11 Å². The number of fused-ring (bicyclic) bond motifs is 1. The second kappa shape index (κ2) is 8.14. The van der Waals surface area contributed by atoms with Crippen molar-refractivity contribution < 1.29 is 4.74 Å². The average molecular weight is 341 g/mol. The molecule has 0 saturated heterocycles. The number of rotatable bonds is 6. The van der Waals surface area contributed by atoms with Crippen LogP contribution in [0.4, 0.5) is 0 Å². The van der Waals surface area contributed by atoms with Crippen LogP contribution in [-0.4, -0.2) is 43.9 Å². The number of methoxy groups -OCH3 is 1. The molecule has 0 radical (unpaired) electrons. The number of thiocarbonyl (C=S) groups is 1. The van der Waals surface area contributed by atoms with Crippen molar-refractivity contribution in [2.45, 2.75) is 31.6 Å². The molecule has 2 rings (SSSR count). The lowest BCUT2D eigenvalue weighted by Crippen LogP contribution is -2.39. The Morgan fingerprint density at radius 2 is 2.23 bits per heavy atom. The van der Waals surface area contributed by atoms with Gasteiger partial charge in [-0.3, -0.25) is 0 Å². The smallest absolute Gasteiger partial charge is 0.168 e. The molecule has 0 heterocycles. The molecule has 0 aliphatic heterocycles. The topological polar surface area (TPSA) is 24.5 Å². The van der Waals surface area contributed by atoms with E-state index in [0.29, 0.717) is 18.4 Å². The number of hydrogen-bond donors (Lipinski definition) is 1. The van der Waals surface area contributed by atoms with Gasteiger partial charge in [0.15, 0.2) is 5.11 Å². The molecule has 0 fully saturated rings. The Morgan fingerprint density at radius 3 is 2.95 bits per heavy atom.